The molecule has 2 rings (SSSR count). The molecule has 1 unspecified atom stereocenters. The standard InChI is InChI=1S/C12H14N4O3S2/c1-20-6-4-8(10(17)15-12-16-13-7-21-12)14-11(18)9-3-2-5-19-9/h2-3,5,7-8H,4,6H2,1H3,(H,14,18)(H,15,16,17). The van der Waals surface area contributed by atoms with Crippen LogP contribution in [0.1, 0.15) is 17.0 Å². The van der Waals surface area contributed by atoms with Crippen molar-refractivity contribution in [2.75, 3.05) is 17.3 Å². The van der Waals surface area contributed by atoms with Gasteiger partial charge in [0.2, 0.25) is 11.0 Å². The number of thioether (sulfide) groups is 1. The Morgan fingerprint density at radius 3 is 3.00 bits per heavy atom. The maximum absolute atomic E-state index is 12.2. The van der Waals surface area contributed by atoms with Gasteiger partial charge in [-0.1, -0.05) is 11.3 Å². The molecule has 0 aliphatic carbocycles. The molecule has 21 heavy (non-hydrogen) atoms. The van der Waals surface area contributed by atoms with Gasteiger partial charge < -0.3 is 9.73 Å². The SMILES string of the molecule is CSCCC(NC(=O)c1ccco1)C(=O)Nc1nncs1. The largest absolute Gasteiger partial charge is 0.459 e. The van der Waals surface area contributed by atoms with E-state index >= 15 is 0 Å². The second kappa shape index (κ2) is 7.79. The van der Waals surface area contributed by atoms with Crippen LogP contribution in [0.2, 0.25) is 0 Å². The van der Waals surface area contributed by atoms with Gasteiger partial charge >= 0.3 is 0 Å². The zero-order chi connectivity index (χ0) is 15.1. The Hall–Kier alpha value is -1.87. The molecule has 0 fully saturated rings. The minimum atomic E-state index is -0.654. The van der Waals surface area contributed by atoms with E-state index in [-0.39, 0.29) is 11.7 Å². The van der Waals surface area contributed by atoms with Gasteiger partial charge in [-0.05, 0) is 30.6 Å². The Labute approximate surface area is 129 Å². The van der Waals surface area contributed by atoms with E-state index in [2.05, 4.69) is 20.8 Å². The molecule has 0 aromatic carbocycles. The third-order valence-electron chi connectivity index (χ3n) is 2.57. The summed E-state index contributed by atoms with van der Waals surface area (Å²) in [6.45, 7) is 0. The first-order valence-corrected chi connectivity index (χ1v) is 8.38. The maximum Gasteiger partial charge on any atom is 0.287 e. The summed E-state index contributed by atoms with van der Waals surface area (Å²) in [5.74, 6) is 0.180. The highest BCUT2D eigenvalue weighted by atomic mass is 32.2. The summed E-state index contributed by atoms with van der Waals surface area (Å²) in [5.41, 5.74) is 1.52. The van der Waals surface area contributed by atoms with Crippen molar-refractivity contribution in [3.63, 3.8) is 0 Å². The third-order valence-corrected chi connectivity index (χ3v) is 3.82. The highest BCUT2D eigenvalue weighted by molar-refractivity contribution is 7.98. The van der Waals surface area contributed by atoms with Crippen LogP contribution in [0, 0.1) is 0 Å². The molecule has 112 valence electrons. The van der Waals surface area contributed by atoms with Crippen molar-refractivity contribution in [2.45, 2.75) is 12.5 Å². The summed E-state index contributed by atoms with van der Waals surface area (Å²) >= 11 is 2.82. The van der Waals surface area contributed by atoms with Gasteiger partial charge in [-0.25, -0.2) is 0 Å². The van der Waals surface area contributed by atoms with Crippen LogP contribution in [0.3, 0.4) is 0 Å². The Bertz CT molecular complexity index is 571. The minimum Gasteiger partial charge on any atom is -0.459 e. The highest BCUT2D eigenvalue weighted by Crippen LogP contribution is 2.11. The molecule has 0 radical (unpaired) electrons. The number of nitrogens with zero attached hydrogens (tertiary/aromatic N) is 2. The second-order valence-electron chi connectivity index (χ2n) is 4.02. The van der Waals surface area contributed by atoms with Crippen LogP contribution in [-0.2, 0) is 4.79 Å². The molecule has 0 saturated heterocycles. The van der Waals surface area contributed by atoms with E-state index in [9.17, 15) is 9.59 Å². The summed E-state index contributed by atoms with van der Waals surface area (Å²) in [5, 5.41) is 13.1. The molecule has 2 aromatic heterocycles. The average molecular weight is 326 g/mol. The molecule has 0 spiro atoms. The number of anilines is 1. The third kappa shape index (κ3) is 4.57. The van der Waals surface area contributed by atoms with Crippen LogP contribution in [0.15, 0.2) is 28.3 Å². The fourth-order valence-electron chi connectivity index (χ4n) is 1.56. The lowest BCUT2D eigenvalue weighted by Gasteiger charge is -2.16. The lowest BCUT2D eigenvalue weighted by Crippen LogP contribution is -2.44. The van der Waals surface area contributed by atoms with E-state index < -0.39 is 11.9 Å². The molecule has 7 nitrogen and oxygen atoms in total. The fourth-order valence-corrected chi connectivity index (χ4v) is 2.48. The Kier molecular flexibility index (Phi) is 5.76. The highest BCUT2D eigenvalue weighted by Gasteiger charge is 2.22. The summed E-state index contributed by atoms with van der Waals surface area (Å²) < 4.78 is 5.02. The van der Waals surface area contributed by atoms with Gasteiger partial charge in [0.05, 0.1) is 6.26 Å². The van der Waals surface area contributed by atoms with Gasteiger partial charge in [0.25, 0.3) is 5.91 Å². The molecule has 2 aromatic rings. The molecule has 0 saturated carbocycles. The van der Waals surface area contributed by atoms with Gasteiger partial charge in [-0.15, -0.1) is 10.2 Å². The first kappa shape index (κ1) is 15.5. The molecule has 2 heterocycles. The van der Waals surface area contributed by atoms with E-state index in [4.69, 9.17) is 4.42 Å². The molecule has 0 aliphatic rings. The number of rotatable bonds is 7. The topological polar surface area (TPSA) is 97.1 Å². The van der Waals surface area contributed by atoms with Gasteiger partial charge in [0.1, 0.15) is 11.6 Å². The van der Waals surface area contributed by atoms with Crippen LogP contribution >= 0.6 is 23.1 Å². The smallest absolute Gasteiger partial charge is 0.287 e. The Balaban J connectivity index is 1.99. The van der Waals surface area contributed by atoms with Crippen molar-refractivity contribution >= 4 is 40.0 Å². The van der Waals surface area contributed by atoms with Crippen LogP contribution < -0.4 is 10.6 Å². The quantitative estimate of drug-likeness (QED) is 0.802. The number of amides is 2. The molecule has 2 N–H and O–H groups in total. The van der Waals surface area contributed by atoms with Gasteiger partial charge in [0.15, 0.2) is 5.76 Å². The number of aromatic nitrogens is 2. The zero-order valence-corrected chi connectivity index (χ0v) is 12.9. The van der Waals surface area contributed by atoms with Crippen LogP contribution in [-0.4, -0.2) is 40.1 Å². The van der Waals surface area contributed by atoms with Gasteiger partial charge in [-0.3, -0.25) is 14.9 Å². The van der Waals surface area contributed by atoms with E-state index in [1.165, 1.54) is 23.1 Å². The lowest BCUT2D eigenvalue weighted by atomic mass is 10.2. The van der Waals surface area contributed by atoms with Crippen molar-refractivity contribution in [3.05, 3.63) is 29.7 Å². The van der Waals surface area contributed by atoms with E-state index in [0.717, 1.165) is 5.75 Å². The summed E-state index contributed by atoms with van der Waals surface area (Å²) in [6.07, 6.45) is 3.86. The first-order valence-electron chi connectivity index (χ1n) is 6.11. The summed E-state index contributed by atoms with van der Waals surface area (Å²) in [6, 6.07) is 2.51. The van der Waals surface area contributed by atoms with E-state index in [1.54, 1.807) is 23.9 Å². The average Bonchev–Trinajstić information content (AvgIpc) is 3.15. The second-order valence-corrected chi connectivity index (χ2v) is 5.84. The molecule has 0 aliphatic heterocycles. The van der Waals surface area contributed by atoms with Crippen molar-refractivity contribution in [1.29, 1.82) is 0 Å². The number of nitrogens with one attached hydrogen (secondary N) is 2. The Morgan fingerprint density at radius 1 is 1.52 bits per heavy atom. The van der Waals surface area contributed by atoms with Gasteiger partial charge in [-0.2, -0.15) is 11.8 Å². The number of hydrogen-bond donors (Lipinski definition) is 2. The van der Waals surface area contributed by atoms with Crippen molar-refractivity contribution < 1.29 is 14.0 Å². The maximum atomic E-state index is 12.2. The molecular weight excluding hydrogens is 312 g/mol. The lowest BCUT2D eigenvalue weighted by molar-refractivity contribution is -0.118. The number of furan rings is 1. The summed E-state index contributed by atoms with van der Waals surface area (Å²) in [4.78, 5) is 24.2. The number of hydrogen-bond acceptors (Lipinski definition) is 7. The van der Waals surface area contributed by atoms with E-state index in [0.29, 0.717) is 11.6 Å². The normalized spacial score (nSPS) is 11.9. The van der Waals surface area contributed by atoms with Gasteiger partial charge in [0, 0.05) is 0 Å². The zero-order valence-electron chi connectivity index (χ0n) is 11.2. The minimum absolute atomic E-state index is 0.174. The van der Waals surface area contributed by atoms with Crippen LogP contribution in [0.4, 0.5) is 5.13 Å². The monoisotopic (exact) mass is 326 g/mol. The van der Waals surface area contributed by atoms with E-state index in [1.807, 2.05) is 6.26 Å². The molecule has 2 amide bonds. The van der Waals surface area contributed by atoms with Crippen LogP contribution in [0.25, 0.3) is 0 Å². The Morgan fingerprint density at radius 2 is 2.38 bits per heavy atom. The van der Waals surface area contributed by atoms with Crippen molar-refractivity contribution in [3.8, 4) is 0 Å². The molecule has 0 bridgehead atoms. The number of carbonyl (C=O) groups excluding carboxylic acids is 2. The van der Waals surface area contributed by atoms with Crippen molar-refractivity contribution in [1.82, 2.24) is 15.5 Å². The number of carbonyl (C=O) groups is 2. The fraction of sp³-hybridized carbons (Fsp3) is 0.333. The molecular formula is C12H14N4O3S2. The molecule has 9 heteroatoms. The predicted molar refractivity (Wildman–Crippen MR) is 81.5 cm³/mol. The van der Waals surface area contributed by atoms with Crippen molar-refractivity contribution in [2.24, 2.45) is 0 Å². The summed E-state index contributed by atoms with van der Waals surface area (Å²) in [7, 11) is 0. The first-order chi connectivity index (χ1) is 10.2. The molecule has 1 atom stereocenters. The predicted octanol–water partition coefficient (Wildman–Crippen LogP) is 1.62. The van der Waals surface area contributed by atoms with Crippen LogP contribution in [0.5, 0.6) is 0 Å².